The molecular formula is C63H127N5O13S. The van der Waals surface area contributed by atoms with Gasteiger partial charge in [0.05, 0.1) is 0 Å². The van der Waals surface area contributed by atoms with Crippen LogP contribution in [-0.4, -0.2) is 133 Å². The highest BCUT2D eigenvalue weighted by Crippen LogP contribution is 2.16. The zero-order valence-electron chi connectivity index (χ0n) is 54.2. The molecule has 5 atom stereocenters. The van der Waals surface area contributed by atoms with E-state index in [0.29, 0.717) is 44.1 Å². The summed E-state index contributed by atoms with van der Waals surface area (Å²) < 4.78 is 0. The van der Waals surface area contributed by atoms with Crippen LogP contribution in [0.1, 0.15) is 255 Å². The first kappa shape index (κ1) is 96.6. The molecule has 0 heterocycles. The third kappa shape index (κ3) is 81.9. The Kier molecular flexibility index (Phi) is 100. The Labute approximate surface area is 506 Å². The van der Waals surface area contributed by atoms with Gasteiger partial charge in [0.15, 0.2) is 0 Å². The third-order valence-electron chi connectivity index (χ3n) is 11.5. The number of likely N-dealkylation sites (N-methyl/N-ethyl adjacent to an activating group) is 2. The number of unbranched alkanes of at least 4 members (excludes halogenated alkanes) is 17. The van der Waals surface area contributed by atoms with E-state index in [2.05, 4.69) is 72.8 Å². The Balaban J connectivity index is -0.000000130. The Morgan fingerprint density at radius 1 is 0.427 bits per heavy atom. The number of carboxylic acids is 4. The van der Waals surface area contributed by atoms with E-state index in [-0.39, 0.29) is 25.2 Å². The summed E-state index contributed by atoms with van der Waals surface area (Å²) in [4.78, 5) is 84.9. The van der Waals surface area contributed by atoms with Crippen molar-refractivity contribution in [1.82, 2.24) is 26.6 Å². The minimum absolute atomic E-state index is 0.134. The van der Waals surface area contributed by atoms with Crippen molar-refractivity contribution in [3.8, 4) is 0 Å². The van der Waals surface area contributed by atoms with Gasteiger partial charge in [-0.15, -0.1) is 0 Å². The summed E-state index contributed by atoms with van der Waals surface area (Å²) >= 11 is 3.53. The molecule has 488 valence electrons. The topological polar surface area (TPSA) is 298 Å². The molecule has 3 unspecified atom stereocenters. The van der Waals surface area contributed by atoms with Crippen LogP contribution in [0, 0.1) is 5.92 Å². The molecule has 0 fully saturated rings. The lowest BCUT2D eigenvalue weighted by molar-refractivity contribution is -0.140. The second-order valence-electron chi connectivity index (χ2n) is 18.4. The van der Waals surface area contributed by atoms with Gasteiger partial charge in [-0.25, -0.2) is 9.59 Å². The van der Waals surface area contributed by atoms with Crippen LogP contribution in [-0.2, 0) is 38.4 Å². The Hall–Kier alpha value is -4.59. The van der Waals surface area contributed by atoms with Gasteiger partial charge in [-0.3, -0.25) is 9.59 Å². The van der Waals surface area contributed by atoms with E-state index in [9.17, 15) is 38.4 Å². The summed E-state index contributed by atoms with van der Waals surface area (Å²) in [6.45, 7) is 30.5. The summed E-state index contributed by atoms with van der Waals surface area (Å²) in [7, 11) is 4.18. The van der Waals surface area contributed by atoms with Crippen LogP contribution < -0.4 is 26.6 Å². The number of rotatable bonds is 48. The number of nitrogens with one attached hydrogen (secondary N) is 5. The zero-order chi connectivity index (χ0) is 65.2. The summed E-state index contributed by atoms with van der Waals surface area (Å²) in [6.07, 6.45) is 33.8. The molecule has 0 rings (SSSR count). The standard InChI is InChI=1S/C26H47NO4.C14H26N2O3.C12H20N2O5.C3H8.3C2H6.CH4O.CH4S/c1-24(27-25(26(30)31)21-19-23-29)20-17-15-13-11-9-7-5-3-2-4-6-8-10-12-14-16-18-22-28;1-11(10-17)6-4-5-9-16-12(2)7-8-13(15-3)14(18)19;1-8(5-6-9(13-2)11(16)17)14-10(12(18)19)4-3-7-15;1-3-2;5*1-2/h22-23,25,27H,1-21H2,(H,30,31);10-11,13,15-16H,2,4-9H2,1,3H3,(H,18,19);7,9-10,13-14H,1,3-6H2,2H3,(H,16,17)(H,18,19);3H2,1-2H3;3*1-2H3;2*2H,1H3/t;11?,13-;9-,10?;;;;;;/m.00....../s1. The molecule has 0 aromatic rings. The summed E-state index contributed by atoms with van der Waals surface area (Å²) in [6, 6.07) is -2.81. The first-order chi connectivity index (χ1) is 39.5. The molecule has 0 spiro atoms. The van der Waals surface area contributed by atoms with E-state index in [0.717, 1.165) is 95.3 Å². The molecule has 10 N–H and O–H groups in total. The highest BCUT2D eigenvalue weighted by Gasteiger charge is 2.20. The van der Waals surface area contributed by atoms with Gasteiger partial charge in [-0.1, -0.05) is 185 Å². The summed E-state index contributed by atoms with van der Waals surface area (Å²) in [5.41, 5.74) is 2.07. The van der Waals surface area contributed by atoms with E-state index < -0.39 is 48.0 Å². The van der Waals surface area contributed by atoms with Crippen LogP contribution in [0.2, 0.25) is 0 Å². The minimum Gasteiger partial charge on any atom is -0.480 e. The number of aliphatic carboxylic acids is 4. The Morgan fingerprint density at radius 3 is 1.01 bits per heavy atom. The number of hydrogen-bond acceptors (Lipinski definition) is 15. The van der Waals surface area contributed by atoms with E-state index >= 15 is 0 Å². The predicted molar refractivity (Wildman–Crippen MR) is 346 cm³/mol. The fourth-order valence-electron chi connectivity index (χ4n) is 7.09. The van der Waals surface area contributed by atoms with Crippen LogP contribution in [0.3, 0.4) is 0 Å². The van der Waals surface area contributed by atoms with Crippen LogP contribution in [0.25, 0.3) is 0 Å². The Morgan fingerprint density at radius 2 is 0.720 bits per heavy atom. The van der Waals surface area contributed by atoms with E-state index in [4.69, 9.17) is 25.5 Å². The lowest BCUT2D eigenvalue weighted by Crippen LogP contribution is -2.37. The molecule has 0 aliphatic heterocycles. The molecule has 0 aromatic heterocycles. The molecular weight excluding hydrogens is 1070 g/mol. The normalized spacial score (nSPS) is 11.3. The fourth-order valence-corrected chi connectivity index (χ4v) is 7.09. The van der Waals surface area contributed by atoms with Gasteiger partial charge >= 0.3 is 23.9 Å². The van der Waals surface area contributed by atoms with Gasteiger partial charge in [0, 0.05) is 55.9 Å². The molecule has 82 heavy (non-hydrogen) atoms. The zero-order valence-corrected chi connectivity index (χ0v) is 55.1. The van der Waals surface area contributed by atoms with E-state index in [1.165, 1.54) is 89.9 Å². The Bertz CT molecular complexity index is 1460. The maximum Gasteiger partial charge on any atom is 0.326 e. The predicted octanol–water partition coefficient (Wildman–Crippen LogP) is 12.9. The van der Waals surface area contributed by atoms with Crippen molar-refractivity contribution in [2.45, 2.75) is 279 Å². The van der Waals surface area contributed by atoms with Crippen molar-refractivity contribution in [2.75, 3.05) is 34.0 Å². The molecule has 18 nitrogen and oxygen atoms in total. The third-order valence-corrected chi connectivity index (χ3v) is 11.5. The molecule has 0 amide bonds. The average Bonchev–Trinajstić information content (AvgIpc) is 3.47. The van der Waals surface area contributed by atoms with Crippen molar-refractivity contribution in [3.05, 3.63) is 36.8 Å². The number of carbonyl (C=O) groups excluding carboxylic acids is 4. The van der Waals surface area contributed by atoms with E-state index in [1.54, 1.807) is 20.4 Å². The summed E-state index contributed by atoms with van der Waals surface area (Å²) in [5.74, 6) is -3.66. The van der Waals surface area contributed by atoms with Gasteiger partial charge in [-0.05, 0) is 91.0 Å². The fraction of sp³-hybridized carbons (Fsp3) is 0.778. The molecule has 0 radical (unpaired) electrons. The van der Waals surface area contributed by atoms with Gasteiger partial charge < -0.3 is 71.3 Å². The maximum atomic E-state index is 11.2. The highest BCUT2D eigenvalue weighted by atomic mass is 32.1. The number of allylic oxidation sites excluding steroid dienone is 3. The largest absolute Gasteiger partial charge is 0.480 e. The molecule has 0 saturated carbocycles. The smallest absolute Gasteiger partial charge is 0.326 e. The van der Waals surface area contributed by atoms with Crippen molar-refractivity contribution < 1.29 is 63.9 Å². The molecule has 0 aliphatic rings. The van der Waals surface area contributed by atoms with Gasteiger partial charge in [0.1, 0.15) is 49.3 Å². The van der Waals surface area contributed by atoms with Gasteiger partial charge in [-0.2, -0.15) is 12.6 Å². The average molecular weight is 1190 g/mol. The highest BCUT2D eigenvalue weighted by molar-refractivity contribution is 7.79. The summed E-state index contributed by atoms with van der Waals surface area (Å²) in [5, 5.41) is 57.0. The minimum atomic E-state index is -1.06. The quantitative estimate of drug-likeness (QED) is 0.0153. The number of carbonyl (C=O) groups is 8. The monoisotopic (exact) mass is 1190 g/mol. The van der Waals surface area contributed by atoms with Crippen LogP contribution in [0.5, 0.6) is 0 Å². The van der Waals surface area contributed by atoms with Crippen molar-refractivity contribution in [2.24, 2.45) is 5.92 Å². The van der Waals surface area contributed by atoms with E-state index in [1.807, 2.05) is 48.5 Å². The molecule has 0 saturated heterocycles. The molecule has 19 heteroatoms. The first-order valence-corrected chi connectivity index (χ1v) is 31.6. The van der Waals surface area contributed by atoms with Crippen molar-refractivity contribution >= 4 is 61.7 Å². The SMILES string of the molecule is C=C(CCCCCCCCCCCCCCCCCCC=O)NC(CCC=O)C(=O)O.C=C(CC[C@H](NC)C(=O)O)NC(CCC=O)C(=O)O.C=C(CC[C@H](NC)C(=O)O)NCCCCC(C)C=O.CC.CC.CC.CCC.CO.CS. The van der Waals surface area contributed by atoms with Crippen LogP contribution in [0.4, 0.5) is 0 Å². The van der Waals surface area contributed by atoms with Gasteiger partial charge in [0.2, 0.25) is 0 Å². The van der Waals surface area contributed by atoms with Crippen molar-refractivity contribution in [1.29, 1.82) is 0 Å². The molecule has 0 aromatic carbocycles. The molecule has 0 bridgehead atoms. The number of aliphatic hydroxyl groups is 1. The lowest BCUT2D eigenvalue weighted by Gasteiger charge is -2.18. The van der Waals surface area contributed by atoms with Crippen LogP contribution >= 0.6 is 12.6 Å². The molecule has 0 aliphatic carbocycles. The second kappa shape index (κ2) is 85.2. The van der Waals surface area contributed by atoms with Crippen molar-refractivity contribution in [3.63, 3.8) is 0 Å². The number of hydrogen-bond donors (Lipinski definition) is 11. The number of thiol groups is 1. The number of carboxylic acid groups (broad SMARTS) is 4. The first-order valence-electron chi connectivity index (χ1n) is 30.7. The van der Waals surface area contributed by atoms with Crippen LogP contribution in [0.15, 0.2) is 36.8 Å². The lowest BCUT2D eigenvalue weighted by atomic mass is 10.0. The number of aliphatic hydroxyl groups excluding tert-OH is 1. The number of aldehydes is 4. The maximum absolute atomic E-state index is 11.2. The second-order valence-corrected chi connectivity index (χ2v) is 18.4. The van der Waals surface area contributed by atoms with Gasteiger partial charge in [0.25, 0.3) is 0 Å².